The Morgan fingerprint density at radius 1 is 1.39 bits per heavy atom. The summed E-state index contributed by atoms with van der Waals surface area (Å²) in [5.74, 6) is 1.25. The van der Waals surface area contributed by atoms with Crippen molar-refractivity contribution in [3.05, 3.63) is 53.5 Å². The van der Waals surface area contributed by atoms with Gasteiger partial charge < -0.3 is 9.30 Å². The van der Waals surface area contributed by atoms with Gasteiger partial charge >= 0.3 is 0 Å². The minimum atomic E-state index is -0.253. The highest BCUT2D eigenvalue weighted by Crippen LogP contribution is 2.25. The summed E-state index contributed by atoms with van der Waals surface area (Å²) in [6.07, 6.45) is 5.30. The lowest BCUT2D eigenvalue weighted by Crippen LogP contribution is -2.11. The average molecular weight is 398 g/mol. The second-order valence-corrected chi connectivity index (χ2v) is 7.15. The number of amides is 1. The van der Waals surface area contributed by atoms with E-state index < -0.39 is 0 Å². The fourth-order valence-corrected chi connectivity index (χ4v) is 3.62. The van der Waals surface area contributed by atoms with Gasteiger partial charge in [0.15, 0.2) is 10.8 Å². The Morgan fingerprint density at radius 2 is 2.21 bits per heavy atom. The number of hydrogen-bond donors (Lipinski definition) is 1. The molecule has 0 aliphatic heterocycles. The number of fused-ring (bicyclic) bond motifs is 1. The lowest BCUT2D eigenvalue weighted by atomic mass is 10.2. The zero-order chi connectivity index (χ0) is 20.1. The second kappa shape index (κ2) is 8.79. The number of nitrogens with zero attached hydrogens (tertiary/aromatic N) is 4. The summed E-state index contributed by atoms with van der Waals surface area (Å²) >= 11 is 1.23. The maximum Gasteiger partial charge on any atom is 0.257 e. The van der Waals surface area contributed by atoms with Crippen molar-refractivity contribution in [2.24, 2.45) is 0 Å². The molecule has 0 unspecified atom stereocenters. The van der Waals surface area contributed by atoms with Crippen LogP contribution in [0.3, 0.4) is 0 Å². The molecule has 0 atom stereocenters. The maximum atomic E-state index is 12.6. The van der Waals surface area contributed by atoms with Gasteiger partial charge in [0, 0.05) is 12.1 Å². The van der Waals surface area contributed by atoms with Crippen molar-refractivity contribution in [2.45, 2.75) is 40.2 Å². The Morgan fingerprint density at radius 3 is 2.93 bits per heavy atom. The van der Waals surface area contributed by atoms with E-state index in [4.69, 9.17) is 4.74 Å². The van der Waals surface area contributed by atoms with Crippen molar-refractivity contribution in [3.63, 3.8) is 0 Å². The number of ether oxygens (including phenoxy) is 1. The number of aromatic nitrogens is 4. The van der Waals surface area contributed by atoms with Crippen LogP contribution >= 0.6 is 11.3 Å². The van der Waals surface area contributed by atoms with Crippen molar-refractivity contribution < 1.29 is 9.53 Å². The van der Waals surface area contributed by atoms with Crippen LogP contribution in [0.2, 0.25) is 0 Å². The van der Waals surface area contributed by atoms with Crippen molar-refractivity contribution in [2.75, 3.05) is 5.32 Å². The van der Waals surface area contributed by atoms with Gasteiger partial charge in [-0.2, -0.15) is 0 Å². The molecule has 1 aromatic carbocycles. The molecule has 2 heterocycles. The van der Waals surface area contributed by atoms with E-state index in [2.05, 4.69) is 38.6 Å². The number of allylic oxidation sites excluding steroid dienone is 1. The van der Waals surface area contributed by atoms with E-state index in [0.717, 1.165) is 36.2 Å². The number of imidazole rings is 1. The Hall–Kier alpha value is -3.00. The summed E-state index contributed by atoms with van der Waals surface area (Å²) in [5, 5.41) is 11.8. The fourth-order valence-electron chi connectivity index (χ4n) is 2.86. The fraction of sp³-hybridized carbons (Fsp3) is 0.300. The third-order valence-electron chi connectivity index (χ3n) is 4.27. The highest BCUT2D eigenvalue weighted by molar-refractivity contribution is 7.16. The Bertz CT molecular complexity index is 1030. The number of benzene rings is 1. The van der Waals surface area contributed by atoms with Gasteiger partial charge in [0.2, 0.25) is 5.13 Å². The molecule has 0 fully saturated rings. The monoisotopic (exact) mass is 397 g/mol. The minimum absolute atomic E-state index is 0.253. The van der Waals surface area contributed by atoms with Gasteiger partial charge in [0.25, 0.3) is 5.91 Å². The Balaban J connectivity index is 1.78. The molecule has 146 valence electrons. The molecule has 28 heavy (non-hydrogen) atoms. The zero-order valence-electron chi connectivity index (χ0n) is 16.2. The normalized spacial score (nSPS) is 11.6. The van der Waals surface area contributed by atoms with Crippen LogP contribution in [0.25, 0.3) is 16.8 Å². The van der Waals surface area contributed by atoms with Crippen LogP contribution in [0.1, 0.15) is 47.9 Å². The number of unbranched alkanes of at least 4 members (excludes halogenated alkanes) is 1. The summed E-state index contributed by atoms with van der Waals surface area (Å²) in [4.78, 5) is 17.2. The van der Waals surface area contributed by atoms with Crippen LogP contribution in [0.4, 0.5) is 5.13 Å². The highest BCUT2D eigenvalue weighted by Gasteiger charge is 2.15. The lowest BCUT2D eigenvalue weighted by molar-refractivity contribution is 0.102. The smallest absolute Gasteiger partial charge is 0.257 e. The Labute approximate surface area is 167 Å². The van der Waals surface area contributed by atoms with E-state index in [-0.39, 0.29) is 5.91 Å². The lowest BCUT2D eigenvalue weighted by Gasteiger charge is -2.06. The molecule has 3 rings (SSSR count). The summed E-state index contributed by atoms with van der Waals surface area (Å²) < 4.78 is 7.47. The SMILES string of the molecule is C=CO/C(=C\C)c1nnc(NC(=O)c2ccc3c(c2)nc(C)n3CCCC)s1. The van der Waals surface area contributed by atoms with Gasteiger partial charge in [-0.3, -0.25) is 10.1 Å². The second-order valence-electron chi connectivity index (χ2n) is 6.17. The first-order chi connectivity index (χ1) is 13.6. The molecule has 7 nitrogen and oxygen atoms in total. The minimum Gasteiger partial charge on any atom is -0.463 e. The van der Waals surface area contributed by atoms with Crippen LogP contribution in [-0.4, -0.2) is 25.7 Å². The highest BCUT2D eigenvalue weighted by atomic mass is 32.1. The number of carbonyl (C=O) groups excluding carboxylic acids is 1. The number of carbonyl (C=O) groups is 1. The van der Waals surface area contributed by atoms with Gasteiger partial charge in [0.05, 0.1) is 17.3 Å². The largest absolute Gasteiger partial charge is 0.463 e. The van der Waals surface area contributed by atoms with Crippen LogP contribution in [0, 0.1) is 6.92 Å². The third-order valence-corrected chi connectivity index (χ3v) is 5.12. The molecule has 3 aromatic rings. The standard InChI is InChI=1S/C20H23N5O2S/c1-5-8-11-25-13(4)21-15-12-14(9-10-16(15)25)18(26)22-20-24-23-19(28-20)17(6-2)27-7-3/h6-7,9-10,12H,3,5,8,11H2,1-2,4H3,(H,22,24,26)/b17-6-. The predicted octanol–water partition coefficient (Wildman–Crippen LogP) is 4.77. The quantitative estimate of drug-likeness (QED) is 0.554. The molecule has 0 saturated carbocycles. The topological polar surface area (TPSA) is 81.9 Å². The van der Waals surface area contributed by atoms with E-state index in [9.17, 15) is 4.79 Å². The van der Waals surface area contributed by atoms with E-state index in [1.54, 1.807) is 18.2 Å². The summed E-state index contributed by atoms with van der Waals surface area (Å²) in [6.45, 7) is 10.4. The third kappa shape index (κ3) is 4.12. The van der Waals surface area contributed by atoms with Crippen LogP contribution in [0.5, 0.6) is 0 Å². The molecule has 2 aromatic heterocycles. The molecule has 0 radical (unpaired) electrons. The number of rotatable bonds is 8. The van der Waals surface area contributed by atoms with Gasteiger partial charge in [0.1, 0.15) is 5.82 Å². The Kier molecular flexibility index (Phi) is 6.20. The first-order valence-electron chi connectivity index (χ1n) is 9.13. The molecule has 0 aliphatic carbocycles. The first-order valence-corrected chi connectivity index (χ1v) is 9.95. The predicted molar refractivity (Wildman–Crippen MR) is 112 cm³/mol. The van der Waals surface area contributed by atoms with Crippen LogP contribution < -0.4 is 5.32 Å². The molecule has 0 aliphatic rings. The van der Waals surface area contributed by atoms with E-state index in [1.165, 1.54) is 17.6 Å². The number of anilines is 1. The number of aryl methyl sites for hydroxylation is 2. The van der Waals surface area contributed by atoms with Crippen molar-refractivity contribution in [3.8, 4) is 0 Å². The summed E-state index contributed by atoms with van der Waals surface area (Å²) in [7, 11) is 0. The van der Waals surface area contributed by atoms with Crippen LogP contribution in [0.15, 0.2) is 37.1 Å². The van der Waals surface area contributed by atoms with Crippen LogP contribution in [-0.2, 0) is 11.3 Å². The average Bonchev–Trinajstić information content (AvgIpc) is 3.27. The number of nitrogens with one attached hydrogen (secondary N) is 1. The molecule has 0 saturated heterocycles. The number of hydrogen-bond acceptors (Lipinski definition) is 6. The molecule has 0 bridgehead atoms. The van der Waals surface area contributed by atoms with Crippen molar-refractivity contribution in [1.82, 2.24) is 19.7 Å². The summed E-state index contributed by atoms with van der Waals surface area (Å²) in [5.41, 5.74) is 2.38. The maximum absolute atomic E-state index is 12.6. The van der Waals surface area contributed by atoms with E-state index in [0.29, 0.717) is 21.5 Å². The summed E-state index contributed by atoms with van der Waals surface area (Å²) in [6, 6.07) is 5.56. The van der Waals surface area contributed by atoms with Gasteiger partial charge in [-0.1, -0.05) is 31.3 Å². The van der Waals surface area contributed by atoms with Crippen molar-refractivity contribution >= 4 is 39.2 Å². The molecule has 8 heteroatoms. The van der Waals surface area contributed by atoms with E-state index >= 15 is 0 Å². The van der Waals surface area contributed by atoms with Crippen molar-refractivity contribution in [1.29, 1.82) is 0 Å². The molecular formula is C20H23N5O2S. The first kappa shape index (κ1) is 19.8. The van der Waals surface area contributed by atoms with Gasteiger partial charge in [-0.15, -0.1) is 10.2 Å². The van der Waals surface area contributed by atoms with Gasteiger partial charge in [-0.05, 0) is 44.5 Å². The molecule has 1 N–H and O–H groups in total. The molecule has 0 spiro atoms. The molecule has 1 amide bonds. The van der Waals surface area contributed by atoms with Gasteiger partial charge in [-0.25, -0.2) is 4.98 Å². The van der Waals surface area contributed by atoms with E-state index in [1.807, 2.05) is 19.9 Å². The zero-order valence-corrected chi connectivity index (χ0v) is 17.0. The molecular weight excluding hydrogens is 374 g/mol.